The zero-order chi connectivity index (χ0) is 15.1. The minimum absolute atomic E-state index is 0.0127. The minimum atomic E-state index is -0.0127. The second-order valence-corrected chi connectivity index (χ2v) is 5.36. The fraction of sp³-hybridized carbons (Fsp3) is 0.562. The molecule has 1 saturated heterocycles. The summed E-state index contributed by atoms with van der Waals surface area (Å²) < 4.78 is 5.32. The molecule has 1 fully saturated rings. The minimum Gasteiger partial charge on any atom is -0.387 e. The molecule has 2 N–H and O–H groups in total. The quantitative estimate of drug-likeness (QED) is 0.780. The highest BCUT2D eigenvalue weighted by Gasteiger charge is 2.12. The van der Waals surface area contributed by atoms with Crippen molar-refractivity contribution in [1.82, 2.24) is 10.2 Å². The predicted octanol–water partition coefficient (Wildman–Crippen LogP) is 1.49. The van der Waals surface area contributed by atoms with Gasteiger partial charge in [-0.2, -0.15) is 0 Å². The van der Waals surface area contributed by atoms with Gasteiger partial charge in [0.15, 0.2) is 0 Å². The van der Waals surface area contributed by atoms with Crippen molar-refractivity contribution < 1.29 is 9.53 Å². The third kappa shape index (κ3) is 4.72. The Morgan fingerprint density at radius 2 is 2.10 bits per heavy atom. The first kappa shape index (κ1) is 15.8. The number of carbonyl (C=O) groups is 1. The molecular formula is C16H25N3O2. The van der Waals surface area contributed by atoms with Gasteiger partial charge in [0.1, 0.15) is 0 Å². The summed E-state index contributed by atoms with van der Waals surface area (Å²) in [4.78, 5) is 14.6. The monoisotopic (exact) mass is 291 g/mol. The van der Waals surface area contributed by atoms with Gasteiger partial charge < -0.3 is 15.4 Å². The van der Waals surface area contributed by atoms with Crippen LogP contribution < -0.4 is 10.6 Å². The molecule has 0 spiro atoms. The maximum atomic E-state index is 12.2. The fourth-order valence-electron chi connectivity index (χ4n) is 2.49. The van der Waals surface area contributed by atoms with E-state index in [4.69, 9.17) is 4.74 Å². The smallest absolute Gasteiger partial charge is 0.253 e. The Morgan fingerprint density at radius 3 is 2.81 bits per heavy atom. The Balaban J connectivity index is 1.76. The van der Waals surface area contributed by atoms with Crippen molar-refractivity contribution in [3.05, 3.63) is 29.3 Å². The van der Waals surface area contributed by atoms with Crippen LogP contribution in [0.25, 0.3) is 0 Å². The van der Waals surface area contributed by atoms with Crippen LogP contribution in [-0.2, 0) is 4.74 Å². The lowest BCUT2D eigenvalue weighted by molar-refractivity contribution is 0.0374. The Kier molecular flexibility index (Phi) is 6.02. The van der Waals surface area contributed by atoms with E-state index in [0.717, 1.165) is 50.5 Å². The molecule has 1 aromatic rings. The van der Waals surface area contributed by atoms with Crippen LogP contribution in [0.3, 0.4) is 0 Å². The highest BCUT2D eigenvalue weighted by atomic mass is 16.5. The number of nitrogens with zero attached hydrogens (tertiary/aromatic N) is 1. The summed E-state index contributed by atoms with van der Waals surface area (Å²) in [7, 11) is 1.84. The van der Waals surface area contributed by atoms with Gasteiger partial charge >= 0.3 is 0 Å². The molecule has 1 aliphatic heterocycles. The van der Waals surface area contributed by atoms with Crippen LogP contribution in [0.15, 0.2) is 18.2 Å². The highest BCUT2D eigenvalue weighted by molar-refractivity contribution is 5.99. The third-order valence-electron chi connectivity index (χ3n) is 3.73. The van der Waals surface area contributed by atoms with E-state index in [2.05, 4.69) is 15.5 Å². The van der Waals surface area contributed by atoms with Gasteiger partial charge in [-0.25, -0.2) is 0 Å². The molecule has 0 radical (unpaired) electrons. The molecule has 0 unspecified atom stereocenters. The van der Waals surface area contributed by atoms with E-state index in [1.165, 1.54) is 0 Å². The van der Waals surface area contributed by atoms with Crippen molar-refractivity contribution in [3.63, 3.8) is 0 Å². The van der Waals surface area contributed by atoms with Crippen LogP contribution >= 0.6 is 0 Å². The summed E-state index contributed by atoms with van der Waals surface area (Å²) in [5, 5.41) is 6.07. The molecule has 1 amide bonds. The fourth-order valence-corrected chi connectivity index (χ4v) is 2.49. The lowest BCUT2D eigenvalue weighted by Crippen LogP contribution is -2.38. The molecule has 1 aromatic carbocycles. The van der Waals surface area contributed by atoms with Gasteiger partial charge in [-0.3, -0.25) is 9.69 Å². The second kappa shape index (κ2) is 8.00. The number of carbonyl (C=O) groups excluding carboxylic acids is 1. The molecule has 0 aliphatic carbocycles. The maximum Gasteiger partial charge on any atom is 0.253 e. The largest absolute Gasteiger partial charge is 0.387 e. The lowest BCUT2D eigenvalue weighted by Gasteiger charge is -2.26. The van der Waals surface area contributed by atoms with Gasteiger partial charge in [-0.05, 0) is 37.6 Å². The first-order valence-corrected chi connectivity index (χ1v) is 7.57. The molecule has 0 saturated carbocycles. The SMILES string of the molecule is CNc1cc(C)ccc1C(=O)NCCCN1CCOCC1. The molecule has 2 rings (SSSR count). The molecule has 0 bridgehead atoms. The van der Waals surface area contributed by atoms with E-state index in [0.29, 0.717) is 12.1 Å². The van der Waals surface area contributed by atoms with Crippen LogP contribution in [0.1, 0.15) is 22.3 Å². The molecule has 5 nitrogen and oxygen atoms in total. The molecule has 5 heteroatoms. The number of rotatable bonds is 6. The predicted molar refractivity (Wildman–Crippen MR) is 84.9 cm³/mol. The molecule has 1 aliphatic rings. The number of morpholine rings is 1. The number of benzene rings is 1. The van der Waals surface area contributed by atoms with Crippen LogP contribution in [0.4, 0.5) is 5.69 Å². The molecule has 0 atom stereocenters. The summed E-state index contributed by atoms with van der Waals surface area (Å²) in [6.45, 7) is 7.36. The topological polar surface area (TPSA) is 53.6 Å². The van der Waals surface area contributed by atoms with Crippen molar-refractivity contribution in [2.24, 2.45) is 0 Å². The van der Waals surface area contributed by atoms with Crippen molar-refractivity contribution in [3.8, 4) is 0 Å². The Hall–Kier alpha value is -1.59. The number of aryl methyl sites for hydroxylation is 1. The van der Waals surface area contributed by atoms with Crippen LogP contribution in [0.2, 0.25) is 0 Å². The van der Waals surface area contributed by atoms with Gasteiger partial charge in [0.25, 0.3) is 5.91 Å². The van der Waals surface area contributed by atoms with E-state index in [1.54, 1.807) is 0 Å². The standard InChI is InChI=1S/C16H25N3O2/c1-13-4-5-14(15(12-13)17-2)16(20)18-6-3-7-19-8-10-21-11-9-19/h4-5,12,17H,3,6-11H2,1-2H3,(H,18,20). The Bertz CT molecular complexity index is 471. The number of ether oxygens (including phenoxy) is 1. The van der Waals surface area contributed by atoms with Gasteiger partial charge in [0.2, 0.25) is 0 Å². The van der Waals surface area contributed by atoms with Crippen molar-refractivity contribution in [1.29, 1.82) is 0 Å². The molecule has 1 heterocycles. The highest BCUT2D eigenvalue weighted by Crippen LogP contribution is 2.16. The van der Waals surface area contributed by atoms with Crippen LogP contribution in [0.5, 0.6) is 0 Å². The van der Waals surface area contributed by atoms with Gasteiger partial charge in [-0.15, -0.1) is 0 Å². The van der Waals surface area contributed by atoms with E-state index >= 15 is 0 Å². The van der Waals surface area contributed by atoms with E-state index in [-0.39, 0.29) is 5.91 Å². The average molecular weight is 291 g/mol. The number of hydrogen-bond donors (Lipinski definition) is 2. The number of hydrogen-bond acceptors (Lipinski definition) is 4. The first-order valence-electron chi connectivity index (χ1n) is 7.57. The van der Waals surface area contributed by atoms with E-state index < -0.39 is 0 Å². The molecular weight excluding hydrogens is 266 g/mol. The Morgan fingerprint density at radius 1 is 1.33 bits per heavy atom. The Labute approximate surface area is 126 Å². The third-order valence-corrected chi connectivity index (χ3v) is 3.73. The van der Waals surface area contributed by atoms with Gasteiger partial charge in [0, 0.05) is 32.4 Å². The number of anilines is 1. The summed E-state index contributed by atoms with van der Waals surface area (Å²) >= 11 is 0. The lowest BCUT2D eigenvalue weighted by atomic mass is 10.1. The zero-order valence-corrected chi connectivity index (χ0v) is 12.9. The number of amides is 1. The van der Waals surface area contributed by atoms with Crippen LogP contribution in [0, 0.1) is 6.92 Å². The molecule has 116 valence electrons. The van der Waals surface area contributed by atoms with Crippen molar-refractivity contribution >= 4 is 11.6 Å². The summed E-state index contributed by atoms with van der Waals surface area (Å²) in [6.07, 6.45) is 0.965. The van der Waals surface area contributed by atoms with Crippen LogP contribution in [-0.4, -0.2) is 57.2 Å². The van der Waals surface area contributed by atoms with E-state index in [9.17, 15) is 4.79 Å². The molecule has 21 heavy (non-hydrogen) atoms. The summed E-state index contributed by atoms with van der Waals surface area (Å²) in [5.41, 5.74) is 2.72. The van der Waals surface area contributed by atoms with Gasteiger partial charge in [-0.1, -0.05) is 6.07 Å². The average Bonchev–Trinajstić information content (AvgIpc) is 2.52. The molecule has 0 aromatic heterocycles. The normalized spacial score (nSPS) is 15.7. The second-order valence-electron chi connectivity index (χ2n) is 5.36. The maximum absolute atomic E-state index is 12.2. The van der Waals surface area contributed by atoms with Gasteiger partial charge in [0.05, 0.1) is 18.8 Å². The van der Waals surface area contributed by atoms with Crippen molar-refractivity contribution in [2.45, 2.75) is 13.3 Å². The van der Waals surface area contributed by atoms with Crippen molar-refractivity contribution in [2.75, 3.05) is 51.8 Å². The first-order chi connectivity index (χ1) is 10.2. The summed E-state index contributed by atoms with van der Waals surface area (Å²) in [5.74, 6) is -0.0127. The number of nitrogens with one attached hydrogen (secondary N) is 2. The summed E-state index contributed by atoms with van der Waals surface area (Å²) in [6, 6.07) is 5.82. The zero-order valence-electron chi connectivity index (χ0n) is 12.9. The van der Waals surface area contributed by atoms with E-state index in [1.807, 2.05) is 32.2 Å².